The first-order valence-corrected chi connectivity index (χ1v) is 12.0. The summed E-state index contributed by atoms with van der Waals surface area (Å²) < 4.78 is 13.2. The van der Waals surface area contributed by atoms with Crippen molar-refractivity contribution in [3.8, 4) is 11.6 Å². The second-order valence-electron chi connectivity index (χ2n) is 8.95. The van der Waals surface area contributed by atoms with E-state index in [-0.39, 0.29) is 0 Å². The molecule has 0 fully saturated rings. The van der Waals surface area contributed by atoms with Gasteiger partial charge in [-0.3, -0.25) is 14.1 Å². The fourth-order valence-electron chi connectivity index (χ4n) is 4.90. The van der Waals surface area contributed by atoms with E-state index in [1.54, 1.807) is 0 Å². The zero-order chi connectivity index (χ0) is 24.8. The number of nitrogens with one attached hydrogen (secondary N) is 1. The highest BCUT2D eigenvalue weighted by Gasteiger charge is 2.26. The minimum absolute atomic E-state index is 0.307. The third-order valence-electron chi connectivity index (χ3n) is 6.54. The van der Waals surface area contributed by atoms with Gasteiger partial charge >= 0.3 is 5.76 Å². The highest BCUT2D eigenvalue weighted by molar-refractivity contribution is 5.99. The number of aromatic nitrogens is 5. The molecule has 5 aromatic rings. The second kappa shape index (κ2) is 8.64. The van der Waals surface area contributed by atoms with Crippen molar-refractivity contribution in [1.29, 1.82) is 0 Å². The summed E-state index contributed by atoms with van der Waals surface area (Å²) in [6.07, 6.45) is 1.83. The fourth-order valence-corrected chi connectivity index (χ4v) is 4.90. The number of aromatic amines is 1. The average Bonchev–Trinajstić information content (AvgIpc) is 3.43. The fraction of sp³-hybridized carbons (Fsp3) is 0.214. The van der Waals surface area contributed by atoms with E-state index in [0.29, 0.717) is 12.4 Å². The number of rotatable bonds is 4. The second-order valence-corrected chi connectivity index (χ2v) is 8.95. The third kappa shape index (κ3) is 3.53. The first-order chi connectivity index (χ1) is 17.5. The maximum absolute atomic E-state index is 11.7. The van der Waals surface area contributed by atoms with Crippen LogP contribution in [-0.4, -0.2) is 24.7 Å². The maximum atomic E-state index is 11.7. The number of ether oxygens (including phenoxy) is 1. The Morgan fingerprint density at radius 3 is 2.69 bits per heavy atom. The molecule has 1 aliphatic rings. The highest BCUT2D eigenvalue weighted by atomic mass is 16.5. The van der Waals surface area contributed by atoms with Gasteiger partial charge in [0.15, 0.2) is 5.82 Å². The van der Waals surface area contributed by atoms with E-state index in [4.69, 9.17) is 19.2 Å². The number of imidazole rings is 1. The summed E-state index contributed by atoms with van der Waals surface area (Å²) >= 11 is 0. The molecule has 0 spiro atoms. The largest absolute Gasteiger partial charge is 0.487 e. The molecule has 36 heavy (non-hydrogen) atoms. The van der Waals surface area contributed by atoms with Crippen molar-refractivity contribution in [3.63, 3.8) is 0 Å². The van der Waals surface area contributed by atoms with E-state index in [2.05, 4.69) is 40.7 Å². The molecule has 3 aromatic heterocycles. The summed E-state index contributed by atoms with van der Waals surface area (Å²) in [4.78, 5) is 24.5. The van der Waals surface area contributed by atoms with Gasteiger partial charge in [-0.2, -0.15) is 0 Å². The molecule has 0 saturated heterocycles. The van der Waals surface area contributed by atoms with Gasteiger partial charge in [0.2, 0.25) is 0 Å². The number of nitrogens with zero attached hydrogens (tertiary/aromatic N) is 4. The number of fused-ring (bicyclic) bond motifs is 3. The van der Waals surface area contributed by atoms with E-state index in [0.717, 1.165) is 74.8 Å². The van der Waals surface area contributed by atoms with Crippen LogP contribution >= 0.6 is 0 Å². The number of pyridine rings is 1. The van der Waals surface area contributed by atoms with E-state index >= 15 is 0 Å². The summed E-state index contributed by atoms with van der Waals surface area (Å²) in [6, 6.07) is 18.1. The van der Waals surface area contributed by atoms with Crippen LogP contribution < -0.4 is 10.5 Å². The number of benzene rings is 2. The lowest BCUT2D eigenvalue weighted by molar-refractivity contribution is 0.302. The van der Waals surface area contributed by atoms with Gasteiger partial charge in [0.25, 0.3) is 0 Å². The quantitative estimate of drug-likeness (QED) is 0.379. The Kier molecular flexibility index (Phi) is 5.29. The normalized spacial score (nSPS) is 14.2. The van der Waals surface area contributed by atoms with Crippen LogP contribution in [0, 0.1) is 6.92 Å². The third-order valence-corrected chi connectivity index (χ3v) is 6.54. The number of hydrogen-bond acceptors (Lipinski definition) is 6. The highest BCUT2D eigenvalue weighted by Crippen LogP contribution is 2.41. The molecular formula is C28H25N5O3. The van der Waals surface area contributed by atoms with Crippen molar-refractivity contribution in [2.24, 2.45) is 0 Å². The van der Waals surface area contributed by atoms with E-state index in [9.17, 15) is 4.79 Å². The summed E-state index contributed by atoms with van der Waals surface area (Å²) in [7, 11) is 0. The molecular weight excluding hydrogens is 454 g/mol. The van der Waals surface area contributed by atoms with Gasteiger partial charge in [-0.05, 0) is 50.1 Å². The topological polar surface area (TPSA) is 98.8 Å². The van der Waals surface area contributed by atoms with Crippen LogP contribution in [0.25, 0.3) is 28.0 Å². The molecule has 1 aliphatic heterocycles. The molecule has 0 bridgehead atoms. The Labute approximate surface area is 207 Å². The van der Waals surface area contributed by atoms with Gasteiger partial charge < -0.3 is 4.74 Å². The molecule has 2 aromatic carbocycles. The van der Waals surface area contributed by atoms with Gasteiger partial charge in [0, 0.05) is 28.7 Å². The van der Waals surface area contributed by atoms with Crippen molar-refractivity contribution in [2.45, 2.75) is 40.2 Å². The standard InChI is InChI=1S/C28H25N5O3/c1-4-9-24-29-20-11-6-7-12-22(20)33(24)27-16(2)14-19-21(30-27)15-35-23-13-8-5-10-18(23)25(19)17(3)26-31-28(34)36-32-26/h5-8,10-14H,4,9,15H2,1-3H3,(H,31,32,34)/b25-17-. The molecule has 0 aliphatic carbocycles. The predicted molar refractivity (Wildman–Crippen MR) is 137 cm³/mol. The van der Waals surface area contributed by atoms with Gasteiger partial charge in [-0.15, -0.1) is 0 Å². The van der Waals surface area contributed by atoms with Crippen molar-refractivity contribution < 1.29 is 9.26 Å². The summed E-state index contributed by atoms with van der Waals surface area (Å²) in [6.45, 7) is 6.44. The monoisotopic (exact) mass is 479 g/mol. The van der Waals surface area contributed by atoms with Crippen LogP contribution in [0.5, 0.6) is 5.75 Å². The zero-order valence-electron chi connectivity index (χ0n) is 20.3. The number of allylic oxidation sites excluding steroid dienone is 1. The van der Waals surface area contributed by atoms with E-state index in [1.165, 1.54) is 0 Å². The molecule has 8 heteroatoms. The summed E-state index contributed by atoms with van der Waals surface area (Å²) in [5, 5.41) is 3.94. The van der Waals surface area contributed by atoms with Crippen LogP contribution in [0.4, 0.5) is 0 Å². The molecule has 0 unspecified atom stereocenters. The van der Waals surface area contributed by atoms with Gasteiger partial charge in [-0.1, -0.05) is 42.4 Å². The minimum Gasteiger partial charge on any atom is -0.487 e. The van der Waals surface area contributed by atoms with Crippen molar-refractivity contribution in [3.05, 3.63) is 99.2 Å². The van der Waals surface area contributed by atoms with Crippen LogP contribution in [0.2, 0.25) is 0 Å². The lowest BCUT2D eigenvalue weighted by Crippen LogP contribution is -2.10. The maximum Gasteiger partial charge on any atom is 0.439 e. The lowest BCUT2D eigenvalue weighted by atomic mass is 9.91. The predicted octanol–water partition coefficient (Wildman–Crippen LogP) is 5.23. The van der Waals surface area contributed by atoms with Gasteiger partial charge in [0.1, 0.15) is 24.0 Å². The molecule has 6 rings (SSSR count). The average molecular weight is 480 g/mol. The first kappa shape index (κ1) is 22.0. The number of H-pyrrole nitrogens is 1. The van der Waals surface area contributed by atoms with Crippen LogP contribution in [-0.2, 0) is 13.0 Å². The van der Waals surface area contributed by atoms with E-state index < -0.39 is 5.76 Å². The molecule has 0 amide bonds. The Bertz CT molecular complexity index is 1710. The van der Waals surface area contributed by atoms with Crippen molar-refractivity contribution in [2.75, 3.05) is 0 Å². The number of aryl methyl sites for hydroxylation is 2. The number of para-hydroxylation sites is 3. The lowest BCUT2D eigenvalue weighted by Gasteiger charge is -2.17. The zero-order valence-corrected chi connectivity index (χ0v) is 20.3. The summed E-state index contributed by atoms with van der Waals surface area (Å²) in [5.74, 6) is 2.36. The Balaban J connectivity index is 1.62. The SMILES string of the molecule is CCCc1nc2ccccc2n1-c1nc2c(cc1C)/C(=C(/C)c1noc(=O)[nH]1)c1ccccc1OC2. The Hall–Kier alpha value is -4.46. The summed E-state index contributed by atoms with van der Waals surface area (Å²) in [5.41, 5.74) is 7.30. The Morgan fingerprint density at radius 2 is 1.89 bits per heavy atom. The van der Waals surface area contributed by atoms with Gasteiger partial charge in [-0.25, -0.2) is 14.8 Å². The smallest absolute Gasteiger partial charge is 0.439 e. The van der Waals surface area contributed by atoms with Crippen molar-refractivity contribution >= 4 is 22.2 Å². The molecule has 0 radical (unpaired) electrons. The molecule has 180 valence electrons. The van der Waals surface area contributed by atoms with E-state index in [1.807, 2.05) is 49.4 Å². The molecule has 1 N–H and O–H groups in total. The van der Waals surface area contributed by atoms with Crippen LogP contribution in [0.15, 0.2) is 63.9 Å². The molecule has 8 nitrogen and oxygen atoms in total. The number of hydrogen-bond donors (Lipinski definition) is 1. The molecule has 4 heterocycles. The minimum atomic E-state index is -0.594. The first-order valence-electron chi connectivity index (χ1n) is 12.0. The van der Waals surface area contributed by atoms with Crippen LogP contribution in [0.1, 0.15) is 54.3 Å². The molecule has 0 atom stereocenters. The van der Waals surface area contributed by atoms with Crippen LogP contribution in [0.3, 0.4) is 0 Å². The van der Waals surface area contributed by atoms with Gasteiger partial charge in [0.05, 0.1) is 16.7 Å². The Morgan fingerprint density at radius 1 is 1.08 bits per heavy atom. The molecule has 0 saturated carbocycles. The van der Waals surface area contributed by atoms with Crippen molar-refractivity contribution in [1.82, 2.24) is 24.7 Å².